The van der Waals surface area contributed by atoms with Crippen LogP contribution >= 0.6 is 23.5 Å². The monoisotopic (exact) mass is 519 g/mol. The molecule has 0 N–H and O–H groups in total. The lowest BCUT2D eigenvalue weighted by Crippen LogP contribution is -2.31. The van der Waals surface area contributed by atoms with E-state index in [1.807, 2.05) is 109 Å². The molecule has 0 aromatic heterocycles. The van der Waals surface area contributed by atoms with Crippen molar-refractivity contribution in [2.45, 2.75) is 6.92 Å². The van der Waals surface area contributed by atoms with Gasteiger partial charge < -0.3 is 0 Å². The quantitative estimate of drug-likeness (QED) is 0.196. The van der Waals surface area contributed by atoms with Gasteiger partial charge in [-0.15, -0.1) is 0 Å². The Bertz CT molecular complexity index is 1430. The molecule has 182 valence electrons. The van der Waals surface area contributed by atoms with Crippen LogP contribution in [0.3, 0.4) is 0 Å². The van der Waals surface area contributed by atoms with E-state index in [9.17, 15) is 0 Å². The molecule has 0 aliphatic carbocycles. The molecular weight excluding hydrogens is 494 g/mol. The van der Waals surface area contributed by atoms with Gasteiger partial charge in [-0.25, -0.2) is 15.0 Å². The Morgan fingerprint density at radius 2 is 1.19 bits per heavy atom. The third-order valence-electron chi connectivity index (χ3n) is 5.22. The predicted octanol–water partition coefficient (Wildman–Crippen LogP) is 8.50. The van der Waals surface area contributed by atoms with Gasteiger partial charge in [-0.1, -0.05) is 91.5 Å². The first-order valence-electron chi connectivity index (χ1n) is 12.0. The normalized spacial score (nSPS) is 17.2. The molecule has 5 rings (SSSR count). The molecule has 0 bridgehead atoms. The lowest BCUT2D eigenvalue weighted by atomic mass is 10.3. The second kappa shape index (κ2) is 12.3. The molecule has 4 aromatic rings. The summed E-state index contributed by atoms with van der Waals surface area (Å²) in [6.45, 7) is 2.10. The number of hydrogen-bond acceptors (Lipinski definition) is 5. The average Bonchev–Trinajstić information content (AvgIpc) is 3.26. The summed E-state index contributed by atoms with van der Waals surface area (Å²) in [4.78, 5) is 22.0. The summed E-state index contributed by atoms with van der Waals surface area (Å²) in [5.74, 6) is 1.58. The Hall–Kier alpha value is -3.94. The minimum Gasteiger partial charge on any atom is -0.271 e. The van der Waals surface area contributed by atoms with E-state index in [1.54, 1.807) is 11.8 Å². The molecule has 37 heavy (non-hydrogen) atoms. The number of anilines is 1. The van der Waals surface area contributed by atoms with E-state index in [0.29, 0.717) is 5.17 Å². The second-order valence-corrected chi connectivity index (χ2v) is 10.0. The number of para-hydroxylation sites is 4. The number of amidine groups is 3. The molecule has 4 aromatic carbocycles. The maximum absolute atomic E-state index is 5.06. The van der Waals surface area contributed by atoms with Gasteiger partial charge >= 0.3 is 0 Å². The van der Waals surface area contributed by atoms with Crippen molar-refractivity contribution >= 4 is 67.5 Å². The van der Waals surface area contributed by atoms with Gasteiger partial charge in [-0.2, -0.15) is 4.99 Å². The van der Waals surface area contributed by atoms with E-state index in [0.717, 1.165) is 44.5 Å². The molecule has 1 aliphatic heterocycles. The summed E-state index contributed by atoms with van der Waals surface area (Å²) >= 11 is 3.11. The molecule has 0 amide bonds. The lowest BCUT2D eigenvalue weighted by Gasteiger charge is -2.18. The first-order valence-corrected chi connectivity index (χ1v) is 13.8. The fourth-order valence-electron chi connectivity index (χ4n) is 3.58. The topological polar surface area (TPSA) is 52.7 Å². The summed E-state index contributed by atoms with van der Waals surface area (Å²) in [6, 6.07) is 40.0. The number of nitrogens with zero attached hydrogens (tertiary/aromatic N) is 5. The van der Waals surface area contributed by atoms with Gasteiger partial charge in [0.15, 0.2) is 16.2 Å². The number of thioether (sulfide) groups is 2. The van der Waals surface area contributed by atoms with Crippen LogP contribution in [-0.2, 0) is 0 Å². The van der Waals surface area contributed by atoms with E-state index in [2.05, 4.69) is 24.0 Å². The molecule has 0 saturated carbocycles. The van der Waals surface area contributed by atoms with E-state index < -0.39 is 0 Å². The van der Waals surface area contributed by atoms with Gasteiger partial charge in [0.1, 0.15) is 5.04 Å². The Labute approximate surface area is 225 Å². The number of aliphatic imine (C=N–C) groups is 4. The summed E-state index contributed by atoms with van der Waals surface area (Å²) in [5.41, 5.74) is 3.54. The van der Waals surface area contributed by atoms with Crippen molar-refractivity contribution < 1.29 is 0 Å². The highest BCUT2D eigenvalue weighted by Crippen LogP contribution is 2.33. The third-order valence-corrected chi connectivity index (χ3v) is 6.87. The van der Waals surface area contributed by atoms with E-state index in [1.165, 1.54) is 11.8 Å². The maximum atomic E-state index is 5.06. The predicted molar refractivity (Wildman–Crippen MR) is 163 cm³/mol. The van der Waals surface area contributed by atoms with E-state index in [4.69, 9.17) is 20.0 Å². The highest BCUT2D eigenvalue weighted by Gasteiger charge is 2.35. The van der Waals surface area contributed by atoms with Gasteiger partial charge in [-0.3, -0.25) is 4.90 Å². The van der Waals surface area contributed by atoms with Crippen molar-refractivity contribution in [3.63, 3.8) is 0 Å². The molecule has 1 saturated heterocycles. The molecule has 1 aliphatic rings. The second-order valence-electron chi connectivity index (χ2n) is 7.85. The minimum absolute atomic E-state index is 0.692. The van der Waals surface area contributed by atoms with Crippen LogP contribution in [0, 0.1) is 0 Å². The zero-order valence-corrected chi connectivity index (χ0v) is 21.9. The summed E-state index contributed by atoms with van der Waals surface area (Å²) < 4.78 is 0. The Morgan fingerprint density at radius 1 is 0.676 bits per heavy atom. The fraction of sp³-hybridized carbons (Fsp3) is 0.0667. The molecule has 0 atom stereocenters. The van der Waals surface area contributed by atoms with Crippen LogP contribution < -0.4 is 4.90 Å². The molecule has 0 spiro atoms. The van der Waals surface area contributed by atoms with Crippen LogP contribution in [0.5, 0.6) is 0 Å². The van der Waals surface area contributed by atoms with Crippen LogP contribution in [-0.4, -0.2) is 27.0 Å². The smallest absolute Gasteiger partial charge is 0.190 e. The highest BCUT2D eigenvalue weighted by atomic mass is 32.2. The lowest BCUT2D eigenvalue weighted by molar-refractivity contribution is 1.40. The first kappa shape index (κ1) is 24.7. The molecule has 0 radical (unpaired) electrons. The molecular formula is C30H25N5S2. The van der Waals surface area contributed by atoms with Crippen molar-refractivity contribution in [3.05, 3.63) is 121 Å². The minimum atomic E-state index is 0.692. The van der Waals surface area contributed by atoms with Crippen LogP contribution in [0.1, 0.15) is 6.92 Å². The van der Waals surface area contributed by atoms with E-state index >= 15 is 0 Å². The van der Waals surface area contributed by atoms with Crippen molar-refractivity contribution in [2.24, 2.45) is 20.0 Å². The van der Waals surface area contributed by atoms with Crippen molar-refractivity contribution in [3.8, 4) is 0 Å². The molecule has 1 heterocycles. The average molecular weight is 520 g/mol. The van der Waals surface area contributed by atoms with Gasteiger partial charge in [0, 0.05) is 5.69 Å². The van der Waals surface area contributed by atoms with Gasteiger partial charge in [0.2, 0.25) is 0 Å². The zero-order valence-electron chi connectivity index (χ0n) is 20.3. The van der Waals surface area contributed by atoms with Crippen molar-refractivity contribution in [1.82, 2.24) is 0 Å². The van der Waals surface area contributed by atoms with Crippen LogP contribution in [0.25, 0.3) is 0 Å². The number of rotatable bonds is 5. The fourth-order valence-corrected chi connectivity index (χ4v) is 5.18. The van der Waals surface area contributed by atoms with Crippen molar-refractivity contribution in [2.75, 3.05) is 10.7 Å². The standard InChI is InChI=1S/C30H25N5S2/c1-2-36-29(33-25-19-11-5-12-20-25)34-30-35(26-21-13-6-14-22-26)27(31-23-15-7-3-8-16-23)28(37-30)32-24-17-9-4-10-18-24/h3-22H,2H2,1H3/b31-27?,32-28?,33-29?,34-30-. The molecule has 5 nitrogen and oxygen atoms in total. The molecule has 1 fully saturated rings. The first-order chi connectivity index (χ1) is 18.3. The summed E-state index contributed by atoms with van der Waals surface area (Å²) in [7, 11) is 0. The Morgan fingerprint density at radius 3 is 1.76 bits per heavy atom. The zero-order chi connectivity index (χ0) is 25.3. The van der Waals surface area contributed by atoms with Gasteiger partial charge in [0.05, 0.1) is 17.1 Å². The third kappa shape index (κ3) is 6.44. The number of hydrogen-bond donors (Lipinski definition) is 0. The van der Waals surface area contributed by atoms with E-state index in [-0.39, 0.29) is 0 Å². The SMILES string of the molecule is CCSC(=Nc1ccccc1)/N=C1\SC(=Nc2ccccc2)C(=Nc2ccccc2)N1c1ccccc1. The summed E-state index contributed by atoms with van der Waals surface area (Å²) in [5, 5.41) is 2.22. The maximum Gasteiger partial charge on any atom is 0.190 e. The molecule has 0 unspecified atom stereocenters. The Balaban J connectivity index is 1.67. The largest absolute Gasteiger partial charge is 0.271 e. The van der Waals surface area contributed by atoms with Crippen LogP contribution in [0.15, 0.2) is 141 Å². The van der Waals surface area contributed by atoms with Gasteiger partial charge in [-0.05, 0) is 66.0 Å². The van der Waals surface area contributed by atoms with Gasteiger partial charge in [0.25, 0.3) is 0 Å². The van der Waals surface area contributed by atoms with Crippen molar-refractivity contribution in [1.29, 1.82) is 0 Å². The van der Waals surface area contributed by atoms with Crippen LogP contribution in [0.4, 0.5) is 22.7 Å². The summed E-state index contributed by atoms with van der Waals surface area (Å²) in [6.07, 6.45) is 0. The number of benzene rings is 4. The Kier molecular flexibility index (Phi) is 8.25. The van der Waals surface area contributed by atoms with Crippen LogP contribution in [0.2, 0.25) is 0 Å². The highest BCUT2D eigenvalue weighted by molar-refractivity contribution is 8.29. The molecule has 7 heteroatoms.